The van der Waals surface area contributed by atoms with Gasteiger partial charge in [0.1, 0.15) is 5.75 Å². The molecule has 0 amide bonds. The molecule has 1 aromatic rings. The molecule has 4 aliphatic carbocycles. The summed E-state index contributed by atoms with van der Waals surface area (Å²) in [4.78, 5) is 0. The highest BCUT2D eigenvalue weighted by Crippen LogP contribution is 2.54. The molecule has 1 aliphatic heterocycles. The molecule has 4 saturated carbocycles. The third-order valence-corrected chi connectivity index (χ3v) is 6.25. The third-order valence-electron chi connectivity index (χ3n) is 6.25. The lowest BCUT2D eigenvalue weighted by Gasteiger charge is -2.54. The van der Waals surface area contributed by atoms with Crippen LogP contribution < -0.4 is 10.1 Å². The van der Waals surface area contributed by atoms with Gasteiger partial charge in [-0.25, -0.2) is 0 Å². The van der Waals surface area contributed by atoms with Crippen molar-refractivity contribution in [2.75, 3.05) is 11.9 Å². The van der Waals surface area contributed by atoms with Crippen molar-refractivity contribution in [1.29, 1.82) is 0 Å². The van der Waals surface area contributed by atoms with Crippen LogP contribution in [0.4, 0.5) is 5.69 Å². The van der Waals surface area contributed by atoms with Crippen molar-refractivity contribution >= 4 is 5.69 Å². The smallest absolute Gasteiger partial charge is 0.122 e. The van der Waals surface area contributed by atoms with Gasteiger partial charge in [-0.2, -0.15) is 0 Å². The Morgan fingerprint density at radius 3 is 2.45 bits per heavy atom. The van der Waals surface area contributed by atoms with Gasteiger partial charge in [-0.3, -0.25) is 0 Å². The Kier molecular flexibility index (Phi) is 2.39. The van der Waals surface area contributed by atoms with E-state index in [0.717, 1.165) is 48.5 Å². The molecule has 2 nitrogen and oxygen atoms in total. The van der Waals surface area contributed by atoms with E-state index in [9.17, 15) is 0 Å². The summed E-state index contributed by atoms with van der Waals surface area (Å²) in [6.07, 6.45) is 8.55. The molecule has 0 aromatic heterocycles. The number of benzene rings is 1. The molecule has 4 fully saturated rings. The zero-order valence-electron chi connectivity index (χ0n) is 12.0. The van der Waals surface area contributed by atoms with E-state index in [0.29, 0.717) is 0 Å². The van der Waals surface area contributed by atoms with Gasteiger partial charge in [0.15, 0.2) is 0 Å². The molecule has 0 atom stereocenters. The summed E-state index contributed by atoms with van der Waals surface area (Å²) in [6, 6.07) is 7.44. The minimum absolute atomic E-state index is 0.739. The first kappa shape index (κ1) is 11.5. The normalized spacial score (nSPS) is 40.5. The van der Waals surface area contributed by atoms with Gasteiger partial charge in [-0.1, -0.05) is 0 Å². The molecule has 1 heterocycles. The van der Waals surface area contributed by atoms with Gasteiger partial charge in [0.2, 0.25) is 0 Å². The summed E-state index contributed by atoms with van der Waals surface area (Å²) < 4.78 is 5.61. The van der Waals surface area contributed by atoms with Crippen molar-refractivity contribution in [3.63, 3.8) is 0 Å². The molecule has 106 valence electrons. The fraction of sp³-hybridized carbons (Fsp3) is 0.667. The monoisotopic (exact) mass is 269 g/mol. The maximum Gasteiger partial charge on any atom is 0.122 e. The van der Waals surface area contributed by atoms with Gasteiger partial charge in [0.05, 0.1) is 6.61 Å². The first-order valence-electron chi connectivity index (χ1n) is 8.37. The van der Waals surface area contributed by atoms with Crippen molar-refractivity contribution < 1.29 is 4.74 Å². The number of rotatable bonds is 2. The van der Waals surface area contributed by atoms with Crippen molar-refractivity contribution in [3.8, 4) is 5.75 Å². The van der Waals surface area contributed by atoms with E-state index in [1.807, 2.05) is 0 Å². The highest BCUT2D eigenvalue weighted by Gasteiger charge is 2.48. The van der Waals surface area contributed by atoms with Gasteiger partial charge >= 0.3 is 0 Å². The lowest BCUT2D eigenvalue weighted by Crippen LogP contribution is -2.51. The number of fused-ring (bicyclic) bond motifs is 1. The summed E-state index contributed by atoms with van der Waals surface area (Å²) in [7, 11) is 0. The van der Waals surface area contributed by atoms with E-state index < -0.39 is 0 Å². The molecule has 20 heavy (non-hydrogen) atoms. The third kappa shape index (κ3) is 1.70. The molecule has 6 rings (SSSR count). The van der Waals surface area contributed by atoms with Gasteiger partial charge in [-0.15, -0.1) is 0 Å². The SMILES string of the molecule is c1cc2c(cc1NC1C3CC4CC(C3)CC1C4)CCO2. The van der Waals surface area contributed by atoms with E-state index in [1.165, 1.54) is 43.4 Å². The maximum atomic E-state index is 5.61. The van der Waals surface area contributed by atoms with Gasteiger partial charge in [0, 0.05) is 18.2 Å². The topological polar surface area (TPSA) is 21.3 Å². The fourth-order valence-electron chi connectivity index (χ4n) is 5.63. The standard InChI is InChI=1S/C18H23NO/c1-2-17-13(3-4-20-17)10-16(1)19-18-14-6-11-5-12(8-14)9-15(18)7-11/h1-2,10-12,14-15,18-19H,3-9H2. The highest BCUT2D eigenvalue weighted by molar-refractivity contribution is 5.53. The van der Waals surface area contributed by atoms with Crippen molar-refractivity contribution in [2.45, 2.75) is 44.6 Å². The Morgan fingerprint density at radius 1 is 0.950 bits per heavy atom. The summed E-state index contributed by atoms with van der Waals surface area (Å²) >= 11 is 0. The van der Waals surface area contributed by atoms with Gasteiger partial charge < -0.3 is 10.1 Å². The fourth-order valence-corrected chi connectivity index (χ4v) is 5.63. The summed E-state index contributed by atoms with van der Waals surface area (Å²) in [5.74, 6) is 5.10. The first-order chi connectivity index (χ1) is 9.85. The van der Waals surface area contributed by atoms with E-state index in [1.54, 1.807) is 0 Å². The lowest BCUT2D eigenvalue weighted by molar-refractivity contribution is 0.00754. The second kappa shape index (κ2) is 4.16. The second-order valence-electron chi connectivity index (χ2n) is 7.52. The van der Waals surface area contributed by atoms with E-state index in [4.69, 9.17) is 4.74 Å². The molecule has 0 unspecified atom stereocenters. The van der Waals surface area contributed by atoms with Crippen LogP contribution in [-0.4, -0.2) is 12.6 Å². The number of hydrogen-bond acceptors (Lipinski definition) is 2. The van der Waals surface area contributed by atoms with Gasteiger partial charge in [-0.05, 0) is 79.5 Å². The molecule has 2 heteroatoms. The van der Waals surface area contributed by atoms with Crippen LogP contribution in [0, 0.1) is 23.7 Å². The Labute approximate surface area is 120 Å². The van der Waals surface area contributed by atoms with Crippen LogP contribution >= 0.6 is 0 Å². The Hall–Kier alpha value is -1.18. The highest BCUT2D eigenvalue weighted by atomic mass is 16.5. The van der Waals surface area contributed by atoms with Crippen molar-refractivity contribution in [3.05, 3.63) is 23.8 Å². The van der Waals surface area contributed by atoms with Crippen LogP contribution in [0.3, 0.4) is 0 Å². The van der Waals surface area contributed by atoms with E-state index in [2.05, 4.69) is 23.5 Å². The average Bonchev–Trinajstić information content (AvgIpc) is 2.89. The van der Waals surface area contributed by atoms with Crippen LogP contribution in [0.1, 0.15) is 37.7 Å². The number of ether oxygens (including phenoxy) is 1. The molecule has 4 bridgehead atoms. The van der Waals surface area contributed by atoms with E-state index in [-0.39, 0.29) is 0 Å². The Balaban J connectivity index is 1.39. The first-order valence-corrected chi connectivity index (χ1v) is 8.37. The minimum atomic E-state index is 0.739. The van der Waals surface area contributed by atoms with Crippen LogP contribution in [-0.2, 0) is 6.42 Å². The summed E-state index contributed by atoms with van der Waals surface area (Å²) in [5, 5.41) is 3.90. The predicted octanol–water partition coefficient (Wildman–Crippen LogP) is 3.86. The molecule has 5 aliphatic rings. The summed E-state index contributed by atoms with van der Waals surface area (Å²) in [6.45, 7) is 0.858. The molecule has 0 saturated heterocycles. The maximum absolute atomic E-state index is 5.61. The van der Waals surface area contributed by atoms with Crippen LogP contribution in [0.25, 0.3) is 0 Å². The molecular weight excluding hydrogens is 246 g/mol. The lowest BCUT2D eigenvalue weighted by atomic mass is 9.54. The van der Waals surface area contributed by atoms with Crippen LogP contribution in [0.15, 0.2) is 18.2 Å². The zero-order valence-corrected chi connectivity index (χ0v) is 12.0. The molecule has 1 N–H and O–H groups in total. The Morgan fingerprint density at radius 2 is 1.70 bits per heavy atom. The van der Waals surface area contributed by atoms with Gasteiger partial charge in [0.25, 0.3) is 0 Å². The summed E-state index contributed by atoms with van der Waals surface area (Å²) in [5.41, 5.74) is 2.71. The minimum Gasteiger partial charge on any atom is -0.493 e. The quantitative estimate of drug-likeness (QED) is 0.880. The number of nitrogens with one attached hydrogen (secondary N) is 1. The van der Waals surface area contributed by atoms with Crippen molar-refractivity contribution in [1.82, 2.24) is 0 Å². The Bertz CT molecular complexity index is 510. The number of hydrogen-bond donors (Lipinski definition) is 1. The average molecular weight is 269 g/mol. The molecule has 0 spiro atoms. The zero-order chi connectivity index (χ0) is 13.1. The van der Waals surface area contributed by atoms with E-state index >= 15 is 0 Å². The van der Waals surface area contributed by atoms with Crippen LogP contribution in [0.2, 0.25) is 0 Å². The predicted molar refractivity (Wildman–Crippen MR) is 80.1 cm³/mol. The molecule has 1 aromatic carbocycles. The number of anilines is 1. The van der Waals surface area contributed by atoms with Crippen LogP contribution in [0.5, 0.6) is 5.75 Å². The largest absolute Gasteiger partial charge is 0.493 e. The molecule has 0 radical (unpaired) electrons. The molecular formula is C18H23NO. The van der Waals surface area contributed by atoms with Crippen molar-refractivity contribution in [2.24, 2.45) is 23.7 Å². The second-order valence-corrected chi connectivity index (χ2v) is 7.52.